The molecular weight excluding hydrogens is 330 g/mol. The van der Waals surface area contributed by atoms with Gasteiger partial charge in [-0.3, -0.25) is 5.32 Å². The van der Waals surface area contributed by atoms with Gasteiger partial charge in [-0.1, -0.05) is 24.3 Å². The average molecular weight is 343 g/mol. The molecule has 1 aliphatic rings. The zero-order valence-corrected chi connectivity index (χ0v) is 13.2. The predicted molar refractivity (Wildman–Crippen MR) is 86.4 cm³/mol. The van der Waals surface area contributed by atoms with Crippen LogP contribution in [0.15, 0.2) is 53.6 Å². The lowest BCUT2D eigenvalue weighted by Gasteiger charge is -2.12. The van der Waals surface area contributed by atoms with Gasteiger partial charge in [0.15, 0.2) is 15.5 Å². The monoisotopic (exact) mass is 343 g/mol. The molecule has 122 valence electrons. The van der Waals surface area contributed by atoms with E-state index in [9.17, 15) is 13.2 Å². The van der Waals surface area contributed by atoms with Gasteiger partial charge in [-0.15, -0.1) is 5.10 Å². The summed E-state index contributed by atoms with van der Waals surface area (Å²) in [5, 5.41) is 9.31. The van der Waals surface area contributed by atoms with Crippen LogP contribution in [0.1, 0.15) is 11.6 Å². The van der Waals surface area contributed by atoms with Crippen LogP contribution in [0.3, 0.4) is 0 Å². The molecule has 0 radical (unpaired) electrons. The maximum absolute atomic E-state index is 12.2. The van der Waals surface area contributed by atoms with Crippen molar-refractivity contribution in [2.45, 2.75) is 10.9 Å². The van der Waals surface area contributed by atoms with Gasteiger partial charge >= 0.3 is 6.03 Å². The molecule has 2 aromatic heterocycles. The van der Waals surface area contributed by atoms with E-state index in [0.29, 0.717) is 11.2 Å². The number of amides is 2. The van der Waals surface area contributed by atoms with E-state index in [1.807, 2.05) is 6.07 Å². The third-order valence-electron chi connectivity index (χ3n) is 3.79. The number of sulfone groups is 1. The van der Waals surface area contributed by atoms with E-state index in [-0.39, 0.29) is 16.6 Å². The summed E-state index contributed by atoms with van der Waals surface area (Å²) in [4.78, 5) is 16.6. The van der Waals surface area contributed by atoms with Gasteiger partial charge in [-0.2, -0.15) is 4.98 Å². The Hall–Kier alpha value is -2.94. The van der Waals surface area contributed by atoms with Crippen molar-refractivity contribution in [2.75, 3.05) is 11.1 Å². The van der Waals surface area contributed by atoms with Crippen LogP contribution in [0.25, 0.3) is 5.65 Å². The molecule has 0 fully saturated rings. The lowest BCUT2D eigenvalue weighted by molar-refractivity contribution is 0.249. The minimum absolute atomic E-state index is 0.146. The summed E-state index contributed by atoms with van der Waals surface area (Å²) in [6.45, 7) is 0. The zero-order chi connectivity index (χ0) is 16.7. The smallest absolute Gasteiger partial charge is 0.322 e. The normalized spacial score (nSPS) is 18.2. The summed E-state index contributed by atoms with van der Waals surface area (Å²) in [5.74, 6) is -0.00826. The quantitative estimate of drug-likeness (QED) is 0.731. The second-order valence-electron chi connectivity index (χ2n) is 5.41. The van der Waals surface area contributed by atoms with Crippen LogP contribution in [0.2, 0.25) is 0 Å². The van der Waals surface area contributed by atoms with E-state index in [1.165, 1.54) is 4.52 Å². The minimum atomic E-state index is -3.37. The topological polar surface area (TPSA) is 105 Å². The van der Waals surface area contributed by atoms with Gasteiger partial charge in [-0.25, -0.2) is 17.7 Å². The van der Waals surface area contributed by atoms with E-state index in [2.05, 4.69) is 20.7 Å². The maximum atomic E-state index is 12.2. The highest BCUT2D eigenvalue weighted by atomic mass is 32.2. The third-order valence-corrected chi connectivity index (χ3v) is 5.60. The van der Waals surface area contributed by atoms with Gasteiger partial charge in [-0.05, 0) is 23.8 Å². The van der Waals surface area contributed by atoms with Crippen LogP contribution in [-0.4, -0.2) is 34.8 Å². The fraction of sp³-hybridized carbons (Fsp3) is 0.133. The number of urea groups is 1. The minimum Gasteiger partial charge on any atom is -0.330 e. The summed E-state index contributed by atoms with van der Waals surface area (Å²) < 4.78 is 25.8. The number of fused-ring (bicyclic) bond motifs is 2. The molecule has 0 unspecified atom stereocenters. The van der Waals surface area contributed by atoms with Crippen molar-refractivity contribution in [3.8, 4) is 0 Å². The Labute approximate surface area is 137 Å². The van der Waals surface area contributed by atoms with Crippen molar-refractivity contribution in [1.29, 1.82) is 0 Å². The molecule has 1 atom stereocenters. The fourth-order valence-electron chi connectivity index (χ4n) is 2.75. The molecular formula is C15H13N5O3S. The third kappa shape index (κ3) is 2.48. The summed E-state index contributed by atoms with van der Waals surface area (Å²) in [6, 6.07) is 10.9. The lowest BCUT2D eigenvalue weighted by atomic mass is 10.1. The van der Waals surface area contributed by atoms with E-state index in [0.717, 1.165) is 0 Å². The number of rotatable bonds is 2. The second kappa shape index (κ2) is 5.31. The largest absolute Gasteiger partial charge is 0.330 e. The summed E-state index contributed by atoms with van der Waals surface area (Å²) in [6.07, 6.45) is 1.71. The van der Waals surface area contributed by atoms with Crippen LogP contribution in [-0.2, 0) is 9.84 Å². The predicted octanol–water partition coefficient (Wildman–Crippen LogP) is 1.38. The SMILES string of the molecule is O=C(Nc1nc2ccccn2n1)N[C@H]1CS(=O)(=O)c2ccccc21. The highest BCUT2D eigenvalue weighted by molar-refractivity contribution is 7.91. The number of pyridine rings is 1. The highest BCUT2D eigenvalue weighted by Gasteiger charge is 2.35. The van der Waals surface area contributed by atoms with Gasteiger partial charge in [0, 0.05) is 6.20 Å². The molecule has 3 heterocycles. The number of benzene rings is 1. The first-order valence-electron chi connectivity index (χ1n) is 7.23. The van der Waals surface area contributed by atoms with Crippen molar-refractivity contribution in [3.63, 3.8) is 0 Å². The molecule has 3 aromatic rings. The Morgan fingerprint density at radius 1 is 1.17 bits per heavy atom. The lowest BCUT2D eigenvalue weighted by Crippen LogP contribution is -2.33. The summed E-state index contributed by atoms with van der Waals surface area (Å²) in [7, 11) is -3.37. The molecule has 8 nitrogen and oxygen atoms in total. The van der Waals surface area contributed by atoms with Crippen molar-refractivity contribution < 1.29 is 13.2 Å². The summed E-state index contributed by atoms with van der Waals surface area (Å²) in [5.41, 5.74) is 1.19. The molecule has 24 heavy (non-hydrogen) atoms. The fourth-order valence-corrected chi connectivity index (χ4v) is 4.49. The van der Waals surface area contributed by atoms with Crippen LogP contribution < -0.4 is 10.6 Å². The molecule has 1 aromatic carbocycles. The number of carbonyl (C=O) groups excluding carboxylic acids is 1. The molecule has 0 saturated carbocycles. The number of anilines is 1. The van der Waals surface area contributed by atoms with Crippen LogP contribution in [0, 0.1) is 0 Å². The van der Waals surface area contributed by atoms with Gasteiger partial charge in [0.1, 0.15) is 0 Å². The Morgan fingerprint density at radius 2 is 1.96 bits per heavy atom. The van der Waals surface area contributed by atoms with Crippen LogP contribution >= 0.6 is 0 Å². The first kappa shape index (κ1) is 14.6. The Bertz CT molecular complexity index is 1010. The number of hydrogen-bond donors (Lipinski definition) is 2. The molecule has 1 aliphatic heterocycles. The Morgan fingerprint density at radius 3 is 2.79 bits per heavy atom. The first-order valence-corrected chi connectivity index (χ1v) is 8.89. The maximum Gasteiger partial charge on any atom is 0.322 e. The Balaban J connectivity index is 1.53. The van der Waals surface area contributed by atoms with Crippen molar-refractivity contribution >= 4 is 27.5 Å². The van der Waals surface area contributed by atoms with Crippen molar-refractivity contribution in [3.05, 3.63) is 54.2 Å². The molecule has 2 amide bonds. The Kier molecular flexibility index (Phi) is 3.24. The highest BCUT2D eigenvalue weighted by Crippen LogP contribution is 2.32. The molecule has 0 saturated heterocycles. The first-order chi connectivity index (χ1) is 11.5. The number of nitrogens with one attached hydrogen (secondary N) is 2. The zero-order valence-electron chi connectivity index (χ0n) is 12.4. The van der Waals surface area contributed by atoms with Gasteiger partial charge in [0.05, 0.1) is 16.7 Å². The van der Waals surface area contributed by atoms with Gasteiger partial charge in [0.2, 0.25) is 0 Å². The van der Waals surface area contributed by atoms with E-state index < -0.39 is 21.9 Å². The average Bonchev–Trinajstić information content (AvgIpc) is 3.06. The van der Waals surface area contributed by atoms with Gasteiger partial charge < -0.3 is 5.32 Å². The van der Waals surface area contributed by atoms with E-state index in [1.54, 1.807) is 42.6 Å². The van der Waals surface area contributed by atoms with E-state index >= 15 is 0 Å². The van der Waals surface area contributed by atoms with Crippen molar-refractivity contribution in [2.24, 2.45) is 0 Å². The molecule has 0 bridgehead atoms. The number of carbonyl (C=O) groups is 1. The van der Waals surface area contributed by atoms with Crippen LogP contribution in [0.5, 0.6) is 0 Å². The molecule has 0 aliphatic carbocycles. The molecule has 4 rings (SSSR count). The van der Waals surface area contributed by atoms with Crippen LogP contribution in [0.4, 0.5) is 10.7 Å². The molecule has 2 N–H and O–H groups in total. The number of hydrogen-bond acceptors (Lipinski definition) is 5. The number of nitrogens with zero attached hydrogens (tertiary/aromatic N) is 3. The molecule has 9 heteroatoms. The standard InChI is InChI=1S/C15H13N5O3S/c21-15(18-14-17-13-7-3-4-8-20(13)19-14)16-11-9-24(22,23)12-6-2-1-5-10(11)12/h1-8,11H,9H2,(H2,16,18,19,21)/t11-/m0/s1. The number of aromatic nitrogens is 3. The van der Waals surface area contributed by atoms with Crippen molar-refractivity contribution in [1.82, 2.24) is 19.9 Å². The summed E-state index contributed by atoms with van der Waals surface area (Å²) >= 11 is 0. The second-order valence-corrected chi connectivity index (χ2v) is 7.41. The van der Waals surface area contributed by atoms with E-state index in [4.69, 9.17) is 0 Å². The molecule has 0 spiro atoms. The van der Waals surface area contributed by atoms with Gasteiger partial charge in [0.25, 0.3) is 5.95 Å².